The first-order valence-electron chi connectivity index (χ1n) is 6.21. The molecule has 0 aliphatic heterocycles. The molecule has 2 rings (SSSR count). The summed E-state index contributed by atoms with van der Waals surface area (Å²) in [5.74, 6) is 0. The fourth-order valence-corrected chi connectivity index (χ4v) is 2.65. The second-order valence-corrected chi connectivity index (χ2v) is 5.12. The SMILES string of the molecule is Cc1ccc(CC2(C#N)CCCCC2)cc1. The van der Waals surface area contributed by atoms with Crippen LogP contribution in [0.25, 0.3) is 0 Å². The Morgan fingerprint density at radius 3 is 2.31 bits per heavy atom. The topological polar surface area (TPSA) is 23.8 Å². The number of nitriles is 1. The van der Waals surface area contributed by atoms with Gasteiger partial charge in [-0.1, -0.05) is 49.1 Å². The average molecular weight is 213 g/mol. The summed E-state index contributed by atoms with van der Waals surface area (Å²) >= 11 is 0. The van der Waals surface area contributed by atoms with E-state index in [2.05, 4.69) is 37.3 Å². The van der Waals surface area contributed by atoms with E-state index < -0.39 is 0 Å². The minimum Gasteiger partial charge on any atom is -0.198 e. The van der Waals surface area contributed by atoms with Crippen molar-refractivity contribution in [3.8, 4) is 6.07 Å². The zero-order valence-corrected chi connectivity index (χ0v) is 10.00. The lowest BCUT2D eigenvalue weighted by atomic mass is 9.71. The molecule has 1 fully saturated rings. The van der Waals surface area contributed by atoms with Crippen LogP contribution in [-0.4, -0.2) is 0 Å². The van der Waals surface area contributed by atoms with Crippen molar-refractivity contribution < 1.29 is 0 Å². The van der Waals surface area contributed by atoms with Crippen molar-refractivity contribution in [3.63, 3.8) is 0 Å². The second kappa shape index (κ2) is 4.70. The van der Waals surface area contributed by atoms with Gasteiger partial charge in [-0.3, -0.25) is 0 Å². The minimum atomic E-state index is -0.0759. The highest BCUT2D eigenvalue weighted by Gasteiger charge is 2.31. The van der Waals surface area contributed by atoms with Gasteiger partial charge in [-0.2, -0.15) is 5.26 Å². The lowest BCUT2D eigenvalue weighted by Gasteiger charge is -2.30. The zero-order chi connectivity index (χ0) is 11.4. The van der Waals surface area contributed by atoms with E-state index in [0.717, 1.165) is 19.3 Å². The van der Waals surface area contributed by atoms with Gasteiger partial charge in [0.25, 0.3) is 0 Å². The average Bonchev–Trinajstić information content (AvgIpc) is 2.33. The fourth-order valence-electron chi connectivity index (χ4n) is 2.65. The molecule has 0 radical (unpaired) electrons. The van der Waals surface area contributed by atoms with Crippen molar-refractivity contribution in [1.29, 1.82) is 5.26 Å². The number of nitrogens with zero attached hydrogens (tertiary/aromatic N) is 1. The van der Waals surface area contributed by atoms with Crippen LogP contribution in [0.2, 0.25) is 0 Å². The van der Waals surface area contributed by atoms with Gasteiger partial charge < -0.3 is 0 Å². The standard InChI is InChI=1S/C15H19N/c1-13-5-7-14(8-6-13)11-15(12-16)9-3-2-4-10-15/h5-8H,2-4,9-11H2,1H3. The maximum Gasteiger partial charge on any atom is 0.0693 e. The molecule has 0 spiro atoms. The molecule has 1 aromatic rings. The van der Waals surface area contributed by atoms with E-state index in [-0.39, 0.29) is 5.41 Å². The zero-order valence-electron chi connectivity index (χ0n) is 10.00. The summed E-state index contributed by atoms with van der Waals surface area (Å²) in [6, 6.07) is 11.2. The maximum atomic E-state index is 9.41. The molecule has 0 amide bonds. The predicted octanol–water partition coefficient (Wildman–Crippen LogP) is 4.01. The normalized spacial score (nSPS) is 19.0. The van der Waals surface area contributed by atoms with Gasteiger partial charge in [0.1, 0.15) is 0 Å². The van der Waals surface area contributed by atoms with Gasteiger partial charge in [-0.05, 0) is 31.7 Å². The smallest absolute Gasteiger partial charge is 0.0693 e. The second-order valence-electron chi connectivity index (χ2n) is 5.12. The highest BCUT2D eigenvalue weighted by atomic mass is 14.4. The van der Waals surface area contributed by atoms with Crippen LogP contribution in [0.3, 0.4) is 0 Å². The van der Waals surface area contributed by atoms with Crippen molar-refractivity contribution in [2.75, 3.05) is 0 Å². The first kappa shape index (κ1) is 11.2. The summed E-state index contributed by atoms with van der Waals surface area (Å²) in [6.45, 7) is 2.10. The van der Waals surface area contributed by atoms with Crippen LogP contribution in [0.4, 0.5) is 0 Å². The van der Waals surface area contributed by atoms with Gasteiger partial charge in [-0.15, -0.1) is 0 Å². The molecule has 1 aliphatic carbocycles. The molecular formula is C15H19N. The Morgan fingerprint density at radius 1 is 1.12 bits per heavy atom. The van der Waals surface area contributed by atoms with E-state index in [0.29, 0.717) is 0 Å². The molecule has 0 heterocycles. The largest absolute Gasteiger partial charge is 0.198 e. The van der Waals surface area contributed by atoms with Crippen LogP contribution in [0.1, 0.15) is 43.2 Å². The first-order valence-corrected chi connectivity index (χ1v) is 6.21. The Hall–Kier alpha value is -1.29. The van der Waals surface area contributed by atoms with Crippen LogP contribution >= 0.6 is 0 Å². The molecule has 1 saturated carbocycles. The number of hydrogen-bond acceptors (Lipinski definition) is 1. The van der Waals surface area contributed by atoms with Gasteiger partial charge in [0.05, 0.1) is 11.5 Å². The van der Waals surface area contributed by atoms with E-state index in [9.17, 15) is 5.26 Å². The molecule has 1 aliphatic rings. The molecule has 0 N–H and O–H groups in total. The summed E-state index contributed by atoms with van der Waals surface area (Å²) in [7, 11) is 0. The number of rotatable bonds is 2. The van der Waals surface area contributed by atoms with Gasteiger partial charge >= 0.3 is 0 Å². The number of aryl methyl sites for hydroxylation is 1. The summed E-state index contributed by atoms with van der Waals surface area (Å²) in [4.78, 5) is 0. The summed E-state index contributed by atoms with van der Waals surface area (Å²) in [5.41, 5.74) is 2.53. The summed E-state index contributed by atoms with van der Waals surface area (Å²) < 4.78 is 0. The molecule has 0 bridgehead atoms. The molecule has 0 unspecified atom stereocenters. The van der Waals surface area contributed by atoms with Crippen molar-refractivity contribution in [2.45, 2.75) is 45.4 Å². The van der Waals surface area contributed by atoms with Crippen molar-refractivity contribution >= 4 is 0 Å². The van der Waals surface area contributed by atoms with E-state index in [4.69, 9.17) is 0 Å². The van der Waals surface area contributed by atoms with Crippen LogP contribution < -0.4 is 0 Å². The van der Waals surface area contributed by atoms with E-state index in [1.807, 2.05) is 0 Å². The van der Waals surface area contributed by atoms with Gasteiger partial charge in [0, 0.05) is 0 Å². The third-order valence-electron chi connectivity index (χ3n) is 3.71. The lowest BCUT2D eigenvalue weighted by molar-refractivity contribution is 0.266. The molecule has 16 heavy (non-hydrogen) atoms. The summed E-state index contributed by atoms with van der Waals surface area (Å²) in [6.07, 6.45) is 6.84. The van der Waals surface area contributed by atoms with E-state index in [1.54, 1.807) is 0 Å². The molecule has 0 aromatic heterocycles. The third kappa shape index (κ3) is 2.44. The number of hydrogen-bond donors (Lipinski definition) is 0. The van der Waals surface area contributed by atoms with Crippen molar-refractivity contribution in [1.82, 2.24) is 0 Å². The Balaban J connectivity index is 2.12. The van der Waals surface area contributed by atoms with Crippen LogP contribution in [-0.2, 0) is 6.42 Å². The maximum absolute atomic E-state index is 9.41. The first-order chi connectivity index (χ1) is 7.74. The van der Waals surface area contributed by atoms with Crippen molar-refractivity contribution in [2.24, 2.45) is 5.41 Å². The Labute approximate surface area is 98.1 Å². The quantitative estimate of drug-likeness (QED) is 0.728. The molecular weight excluding hydrogens is 194 g/mol. The molecule has 0 atom stereocenters. The molecule has 84 valence electrons. The molecule has 1 nitrogen and oxygen atoms in total. The molecule has 0 saturated heterocycles. The van der Waals surface area contributed by atoms with E-state index in [1.165, 1.54) is 30.4 Å². The van der Waals surface area contributed by atoms with E-state index >= 15 is 0 Å². The van der Waals surface area contributed by atoms with Crippen LogP contribution in [0.5, 0.6) is 0 Å². The van der Waals surface area contributed by atoms with Crippen molar-refractivity contribution in [3.05, 3.63) is 35.4 Å². The monoisotopic (exact) mass is 213 g/mol. The van der Waals surface area contributed by atoms with Gasteiger partial charge in [-0.25, -0.2) is 0 Å². The highest BCUT2D eigenvalue weighted by molar-refractivity contribution is 5.24. The fraction of sp³-hybridized carbons (Fsp3) is 0.533. The van der Waals surface area contributed by atoms with Crippen LogP contribution in [0.15, 0.2) is 24.3 Å². The lowest BCUT2D eigenvalue weighted by Crippen LogP contribution is -2.24. The van der Waals surface area contributed by atoms with Gasteiger partial charge in [0.15, 0.2) is 0 Å². The van der Waals surface area contributed by atoms with Gasteiger partial charge in [0.2, 0.25) is 0 Å². The minimum absolute atomic E-state index is 0.0759. The number of benzene rings is 1. The summed E-state index contributed by atoms with van der Waals surface area (Å²) in [5, 5.41) is 9.41. The molecule has 1 aromatic carbocycles. The third-order valence-corrected chi connectivity index (χ3v) is 3.71. The predicted molar refractivity (Wildman–Crippen MR) is 66.0 cm³/mol. The highest BCUT2D eigenvalue weighted by Crippen LogP contribution is 2.38. The Kier molecular flexibility index (Phi) is 3.29. The molecule has 1 heteroatoms. The Morgan fingerprint density at radius 2 is 1.75 bits per heavy atom. The Bertz CT molecular complexity index is 377. The van der Waals surface area contributed by atoms with Crippen LogP contribution in [0, 0.1) is 23.7 Å².